The van der Waals surface area contributed by atoms with Crippen molar-refractivity contribution < 1.29 is 4.74 Å². The van der Waals surface area contributed by atoms with E-state index in [2.05, 4.69) is 21.7 Å². The molecule has 5 heteroatoms. The van der Waals surface area contributed by atoms with Crippen molar-refractivity contribution >= 4 is 23.8 Å². The quantitative estimate of drug-likeness (QED) is 0.689. The highest BCUT2D eigenvalue weighted by Gasteiger charge is 2.21. The highest BCUT2D eigenvalue weighted by atomic mass is 16.5. The zero-order valence-electron chi connectivity index (χ0n) is 11.9. The van der Waals surface area contributed by atoms with Crippen molar-refractivity contribution in [1.29, 1.82) is 5.26 Å². The number of hydrogen-bond acceptors (Lipinski definition) is 4. The lowest BCUT2D eigenvalue weighted by atomic mass is 9.96. The molecule has 0 radical (unpaired) electrons. The first-order chi connectivity index (χ1) is 10.2. The summed E-state index contributed by atoms with van der Waals surface area (Å²) in [6.07, 6.45) is 7.14. The number of allylic oxidation sites excluding steroid dienone is 1. The summed E-state index contributed by atoms with van der Waals surface area (Å²) in [6, 6.07) is 3.90. The van der Waals surface area contributed by atoms with E-state index in [1.165, 1.54) is 6.42 Å². The van der Waals surface area contributed by atoms with Crippen LogP contribution in [0.25, 0.3) is 17.1 Å². The van der Waals surface area contributed by atoms with E-state index >= 15 is 0 Å². The summed E-state index contributed by atoms with van der Waals surface area (Å²) in [4.78, 5) is 11.3. The van der Waals surface area contributed by atoms with E-state index in [0.717, 1.165) is 40.9 Å². The largest absolute Gasteiger partial charge is 0.490 e. The van der Waals surface area contributed by atoms with Gasteiger partial charge in [-0.15, -0.1) is 0 Å². The average molecular weight is 280 g/mol. The third-order valence-electron chi connectivity index (χ3n) is 3.80. The van der Waals surface area contributed by atoms with Crippen LogP contribution in [-0.2, 0) is 0 Å². The van der Waals surface area contributed by atoms with E-state index < -0.39 is 0 Å². The number of ether oxygens (including phenoxy) is 1. The van der Waals surface area contributed by atoms with Crippen LogP contribution >= 0.6 is 0 Å². The van der Waals surface area contributed by atoms with Gasteiger partial charge in [0.2, 0.25) is 0 Å². The number of pyridine rings is 1. The van der Waals surface area contributed by atoms with Crippen molar-refractivity contribution in [2.45, 2.75) is 32.3 Å². The number of aromatic amines is 1. The molecule has 0 spiro atoms. The van der Waals surface area contributed by atoms with E-state index in [-0.39, 0.29) is 11.8 Å². The van der Waals surface area contributed by atoms with Gasteiger partial charge in [-0.25, -0.2) is 4.98 Å². The lowest BCUT2D eigenvalue weighted by Gasteiger charge is -2.26. The van der Waals surface area contributed by atoms with Crippen molar-refractivity contribution in [2.75, 3.05) is 0 Å². The molecule has 1 aliphatic carbocycles. The average Bonchev–Trinajstić information content (AvgIpc) is 2.76. The fourth-order valence-electron chi connectivity index (χ4n) is 2.43. The predicted molar refractivity (Wildman–Crippen MR) is 82.2 cm³/mol. The third kappa shape index (κ3) is 2.40. The van der Waals surface area contributed by atoms with E-state index in [0.29, 0.717) is 0 Å². The van der Waals surface area contributed by atoms with Crippen LogP contribution in [0.5, 0.6) is 5.75 Å². The molecule has 1 fully saturated rings. The fourth-order valence-corrected chi connectivity index (χ4v) is 2.43. The summed E-state index contributed by atoms with van der Waals surface area (Å²) in [5.74, 6) is 0.807. The zero-order chi connectivity index (χ0) is 14.8. The monoisotopic (exact) mass is 280 g/mol. The Morgan fingerprint density at radius 3 is 3.05 bits per heavy atom. The molecule has 1 N–H and O–H groups in total. The summed E-state index contributed by atoms with van der Waals surface area (Å²) in [7, 11) is 0. The van der Waals surface area contributed by atoms with Gasteiger partial charge >= 0.3 is 0 Å². The first kappa shape index (κ1) is 13.4. The summed E-state index contributed by atoms with van der Waals surface area (Å²) < 4.78 is 6.05. The molecule has 5 nitrogen and oxygen atoms in total. The Morgan fingerprint density at radius 2 is 2.43 bits per heavy atom. The molecule has 1 saturated carbocycles. The SMILES string of the molecule is C=NC(C#N)=Cc1c(C)[nH]c2nccc(OC3CCC3)c12. The number of nitriles is 1. The fraction of sp³-hybridized carbons (Fsp3) is 0.312. The maximum absolute atomic E-state index is 9.04. The Labute approximate surface area is 123 Å². The minimum Gasteiger partial charge on any atom is -0.490 e. The number of nitrogens with one attached hydrogen (secondary N) is 1. The van der Waals surface area contributed by atoms with E-state index in [1.54, 1.807) is 12.3 Å². The predicted octanol–water partition coefficient (Wildman–Crippen LogP) is 3.37. The number of aryl methyl sites for hydroxylation is 1. The van der Waals surface area contributed by atoms with Crippen molar-refractivity contribution in [3.63, 3.8) is 0 Å². The summed E-state index contributed by atoms with van der Waals surface area (Å²) in [5, 5.41) is 9.94. The topological polar surface area (TPSA) is 74.1 Å². The molecule has 1 aliphatic rings. The van der Waals surface area contributed by atoms with Crippen LogP contribution < -0.4 is 4.74 Å². The second-order valence-electron chi connectivity index (χ2n) is 5.17. The van der Waals surface area contributed by atoms with Gasteiger partial charge < -0.3 is 9.72 Å². The molecule has 0 bridgehead atoms. The molecular weight excluding hydrogens is 264 g/mol. The molecule has 0 unspecified atom stereocenters. The van der Waals surface area contributed by atoms with Crippen molar-refractivity contribution in [3.05, 3.63) is 29.2 Å². The highest BCUT2D eigenvalue weighted by molar-refractivity contribution is 5.93. The molecule has 2 heterocycles. The Bertz CT molecular complexity index is 762. The molecule has 0 aliphatic heterocycles. The Morgan fingerprint density at radius 1 is 1.62 bits per heavy atom. The lowest BCUT2D eigenvalue weighted by Crippen LogP contribution is -2.24. The molecule has 3 rings (SSSR count). The van der Waals surface area contributed by atoms with Gasteiger partial charge in [-0.05, 0) is 45.0 Å². The molecular formula is C16H16N4O. The molecule has 0 saturated heterocycles. The second kappa shape index (κ2) is 5.41. The van der Waals surface area contributed by atoms with Crippen LogP contribution in [0.15, 0.2) is 23.0 Å². The van der Waals surface area contributed by atoms with Crippen LogP contribution in [0.1, 0.15) is 30.5 Å². The van der Waals surface area contributed by atoms with Gasteiger partial charge in [0.15, 0.2) is 0 Å². The smallest absolute Gasteiger partial charge is 0.141 e. The first-order valence-corrected chi connectivity index (χ1v) is 6.95. The normalized spacial score (nSPS) is 15.5. The van der Waals surface area contributed by atoms with Gasteiger partial charge in [-0.3, -0.25) is 4.99 Å². The maximum Gasteiger partial charge on any atom is 0.141 e. The second-order valence-corrected chi connectivity index (χ2v) is 5.17. The van der Waals surface area contributed by atoms with Crippen molar-refractivity contribution in [1.82, 2.24) is 9.97 Å². The van der Waals surface area contributed by atoms with Crippen LogP contribution in [0.4, 0.5) is 0 Å². The molecule has 2 aromatic heterocycles. The molecule has 0 atom stereocenters. The Hall–Kier alpha value is -2.61. The van der Waals surface area contributed by atoms with Gasteiger partial charge in [0.1, 0.15) is 23.2 Å². The van der Waals surface area contributed by atoms with Gasteiger partial charge in [0, 0.05) is 17.5 Å². The van der Waals surface area contributed by atoms with E-state index in [1.807, 2.05) is 19.1 Å². The molecule has 2 aromatic rings. The molecule has 21 heavy (non-hydrogen) atoms. The number of aliphatic imine (C=N–C) groups is 1. The van der Waals surface area contributed by atoms with Crippen LogP contribution in [-0.4, -0.2) is 22.8 Å². The van der Waals surface area contributed by atoms with E-state index in [9.17, 15) is 0 Å². The Balaban J connectivity index is 2.14. The van der Waals surface area contributed by atoms with Gasteiger partial charge in [0.05, 0.1) is 11.5 Å². The molecule has 106 valence electrons. The summed E-state index contributed by atoms with van der Waals surface area (Å²) >= 11 is 0. The Kier molecular flexibility index (Phi) is 3.44. The minimum atomic E-state index is 0.275. The lowest BCUT2D eigenvalue weighted by molar-refractivity contribution is 0.122. The van der Waals surface area contributed by atoms with Gasteiger partial charge in [-0.1, -0.05) is 0 Å². The highest BCUT2D eigenvalue weighted by Crippen LogP contribution is 2.34. The standard InChI is InChI=1S/C16H16N4O/c1-10-13(8-11(9-17)18-2)15-14(21-12-4-3-5-12)6-7-19-16(15)20-10/h6-8,12H,2-5H2,1H3,(H,19,20). The molecule has 0 amide bonds. The van der Waals surface area contributed by atoms with Crippen LogP contribution in [0, 0.1) is 18.3 Å². The van der Waals surface area contributed by atoms with Gasteiger partial charge in [0.25, 0.3) is 0 Å². The van der Waals surface area contributed by atoms with Gasteiger partial charge in [-0.2, -0.15) is 5.26 Å². The van der Waals surface area contributed by atoms with Crippen molar-refractivity contribution in [3.8, 4) is 11.8 Å². The van der Waals surface area contributed by atoms with Crippen LogP contribution in [0.2, 0.25) is 0 Å². The number of H-pyrrole nitrogens is 1. The third-order valence-corrected chi connectivity index (χ3v) is 3.80. The van der Waals surface area contributed by atoms with Crippen LogP contribution in [0.3, 0.4) is 0 Å². The minimum absolute atomic E-state index is 0.275. The molecule has 0 aromatic carbocycles. The number of aromatic nitrogens is 2. The zero-order valence-corrected chi connectivity index (χ0v) is 11.9. The number of nitrogens with zero attached hydrogens (tertiary/aromatic N) is 3. The first-order valence-electron chi connectivity index (χ1n) is 6.95. The number of fused-ring (bicyclic) bond motifs is 1. The number of hydrogen-bond donors (Lipinski definition) is 1. The van der Waals surface area contributed by atoms with E-state index in [4.69, 9.17) is 10.00 Å². The van der Waals surface area contributed by atoms with Crippen molar-refractivity contribution in [2.24, 2.45) is 4.99 Å². The summed E-state index contributed by atoms with van der Waals surface area (Å²) in [5.41, 5.74) is 2.85. The maximum atomic E-state index is 9.04. The number of rotatable bonds is 4. The summed E-state index contributed by atoms with van der Waals surface area (Å²) in [6.45, 7) is 5.36.